The van der Waals surface area contributed by atoms with Crippen LogP contribution in [0.2, 0.25) is 0 Å². The fraction of sp³-hybridized carbons (Fsp3) is 0.182. The summed E-state index contributed by atoms with van der Waals surface area (Å²) in [5, 5.41) is 7.49. The van der Waals surface area contributed by atoms with E-state index in [0.717, 1.165) is 0 Å². The second-order valence-electron chi connectivity index (χ2n) is 3.68. The monoisotopic (exact) mass is 234 g/mol. The first-order valence-electron chi connectivity index (χ1n) is 5.00. The second-order valence-corrected chi connectivity index (χ2v) is 3.68. The number of primary amides is 1. The number of halogens is 1. The van der Waals surface area contributed by atoms with Crippen molar-refractivity contribution in [3.05, 3.63) is 41.0 Å². The topological polar surface area (TPSA) is 73.8 Å². The van der Waals surface area contributed by atoms with Crippen LogP contribution in [0.4, 0.5) is 4.39 Å². The van der Waals surface area contributed by atoms with Gasteiger partial charge in [0.05, 0.1) is 11.4 Å². The standard InChI is InChI=1S/C11H11FN4O/c1-6-8(12)4-3-5-9(6)16-7(2)10(11(13)17)14-15-16/h3-5H,1-2H3,(H2,13,17). The van der Waals surface area contributed by atoms with Crippen molar-refractivity contribution in [3.63, 3.8) is 0 Å². The zero-order valence-electron chi connectivity index (χ0n) is 9.44. The summed E-state index contributed by atoms with van der Waals surface area (Å²) in [6.45, 7) is 3.29. The van der Waals surface area contributed by atoms with Crippen LogP contribution in [-0.4, -0.2) is 20.9 Å². The van der Waals surface area contributed by atoms with Gasteiger partial charge in [0.15, 0.2) is 5.69 Å². The molecule has 88 valence electrons. The van der Waals surface area contributed by atoms with Crippen molar-refractivity contribution in [1.82, 2.24) is 15.0 Å². The molecule has 1 heterocycles. The number of nitrogens with two attached hydrogens (primary N) is 1. The number of nitrogens with zero attached hydrogens (tertiary/aromatic N) is 3. The van der Waals surface area contributed by atoms with Gasteiger partial charge in [-0.3, -0.25) is 4.79 Å². The lowest BCUT2D eigenvalue weighted by atomic mass is 10.2. The van der Waals surface area contributed by atoms with Crippen LogP contribution >= 0.6 is 0 Å². The Hall–Kier alpha value is -2.24. The minimum absolute atomic E-state index is 0.0914. The highest BCUT2D eigenvalue weighted by Crippen LogP contribution is 2.18. The van der Waals surface area contributed by atoms with Crippen molar-refractivity contribution in [3.8, 4) is 5.69 Å². The number of benzene rings is 1. The van der Waals surface area contributed by atoms with Crippen LogP contribution in [0.25, 0.3) is 5.69 Å². The molecule has 2 N–H and O–H groups in total. The molecule has 0 aliphatic rings. The average molecular weight is 234 g/mol. The normalized spacial score (nSPS) is 10.5. The van der Waals surface area contributed by atoms with E-state index in [1.165, 1.54) is 10.7 Å². The van der Waals surface area contributed by atoms with Crippen molar-refractivity contribution in [2.24, 2.45) is 5.73 Å². The molecule has 5 nitrogen and oxygen atoms in total. The van der Waals surface area contributed by atoms with Gasteiger partial charge >= 0.3 is 0 Å². The smallest absolute Gasteiger partial charge is 0.271 e. The van der Waals surface area contributed by atoms with Gasteiger partial charge in [-0.25, -0.2) is 9.07 Å². The molecule has 0 saturated heterocycles. The summed E-state index contributed by atoms with van der Waals surface area (Å²) in [5.41, 5.74) is 6.71. The number of rotatable bonds is 2. The van der Waals surface area contributed by atoms with E-state index in [-0.39, 0.29) is 11.5 Å². The molecule has 0 saturated carbocycles. The van der Waals surface area contributed by atoms with E-state index in [4.69, 9.17) is 5.73 Å². The molecule has 2 rings (SSSR count). The van der Waals surface area contributed by atoms with Crippen LogP contribution < -0.4 is 5.73 Å². The molecule has 0 fully saturated rings. The number of carbonyl (C=O) groups is 1. The second kappa shape index (κ2) is 3.97. The first kappa shape index (κ1) is 11.3. The van der Waals surface area contributed by atoms with Crippen LogP contribution in [0.15, 0.2) is 18.2 Å². The maximum Gasteiger partial charge on any atom is 0.271 e. The Morgan fingerprint density at radius 2 is 2.12 bits per heavy atom. The molecule has 0 bridgehead atoms. The summed E-state index contributed by atoms with van der Waals surface area (Å²) in [4.78, 5) is 11.1. The maximum absolute atomic E-state index is 13.4. The van der Waals surface area contributed by atoms with Crippen molar-refractivity contribution in [2.75, 3.05) is 0 Å². The van der Waals surface area contributed by atoms with E-state index in [2.05, 4.69) is 10.3 Å². The third-order valence-electron chi connectivity index (χ3n) is 2.60. The lowest BCUT2D eigenvalue weighted by molar-refractivity contribution is 0.0995. The quantitative estimate of drug-likeness (QED) is 0.846. The highest BCUT2D eigenvalue weighted by molar-refractivity contribution is 5.91. The fourth-order valence-electron chi connectivity index (χ4n) is 1.61. The molecule has 0 radical (unpaired) electrons. The molecule has 1 aromatic heterocycles. The summed E-state index contributed by atoms with van der Waals surface area (Å²) >= 11 is 0. The number of hydrogen-bond acceptors (Lipinski definition) is 3. The predicted octanol–water partition coefficient (Wildman–Crippen LogP) is 1.12. The Labute approximate surface area is 97.0 Å². The molecule has 0 aliphatic heterocycles. The van der Waals surface area contributed by atoms with Gasteiger partial charge in [-0.2, -0.15) is 0 Å². The van der Waals surface area contributed by atoms with E-state index >= 15 is 0 Å². The molecule has 6 heteroatoms. The zero-order chi connectivity index (χ0) is 12.6. The average Bonchev–Trinajstić information content (AvgIpc) is 2.64. The predicted molar refractivity (Wildman–Crippen MR) is 59.3 cm³/mol. The van der Waals surface area contributed by atoms with Crippen molar-refractivity contribution in [1.29, 1.82) is 0 Å². The van der Waals surface area contributed by atoms with Gasteiger partial charge in [0.2, 0.25) is 0 Å². The van der Waals surface area contributed by atoms with Crippen molar-refractivity contribution in [2.45, 2.75) is 13.8 Å². The van der Waals surface area contributed by atoms with Crippen molar-refractivity contribution < 1.29 is 9.18 Å². The highest BCUT2D eigenvalue weighted by atomic mass is 19.1. The largest absolute Gasteiger partial charge is 0.364 e. The van der Waals surface area contributed by atoms with E-state index in [0.29, 0.717) is 16.9 Å². The number of aromatic nitrogens is 3. The third-order valence-corrected chi connectivity index (χ3v) is 2.60. The Kier molecular flexibility index (Phi) is 2.63. The summed E-state index contributed by atoms with van der Waals surface area (Å²) in [6.07, 6.45) is 0. The molecule has 0 aliphatic carbocycles. The SMILES string of the molecule is Cc1c(F)cccc1-n1nnc(C(N)=O)c1C. The molecule has 0 atom stereocenters. The minimum Gasteiger partial charge on any atom is -0.364 e. The summed E-state index contributed by atoms with van der Waals surface area (Å²) < 4.78 is 14.8. The molecular formula is C11H11FN4O. The Morgan fingerprint density at radius 1 is 1.41 bits per heavy atom. The Morgan fingerprint density at radius 3 is 2.71 bits per heavy atom. The first-order chi connectivity index (χ1) is 8.02. The molecular weight excluding hydrogens is 223 g/mol. The van der Waals surface area contributed by atoms with E-state index in [1.54, 1.807) is 26.0 Å². The van der Waals surface area contributed by atoms with E-state index < -0.39 is 5.91 Å². The van der Waals surface area contributed by atoms with Gasteiger partial charge < -0.3 is 5.73 Å². The van der Waals surface area contributed by atoms with Crippen LogP contribution in [0.5, 0.6) is 0 Å². The molecule has 1 amide bonds. The van der Waals surface area contributed by atoms with Gasteiger partial charge in [-0.1, -0.05) is 11.3 Å². The highest BCUT2D eigenvalue weighted by Gasteiger charge is 2.16. The van der Waals surface area contributed by atoms with Gasteiger partial charge in [0.1, 0.15) is 5.82 Å². The third kappa shape index (κ3) is 1.77. The van der Waals surface area contributed by atoms with E-state index in [1.807, 2.05) is 0 Å². The zero-order valence-corrected chi connectivity index (χ0v) is 9.44. The minimum atomic E-state index is -0.650. The van der Waals surface area contributed by atoms with Crippen LogP contribution in [0.1, 0.15) is 21.7 Å². The molecule has 0 spiro atoms. The molecule has 0 unspecified atom stereocenters. The number of amides is 1. The van der Waals surface area contributed by atoms with Crippen LogP contribution in [0.3, 0.4) is 0 Å². The maximum atomic E-state index is 13.4. The fourth-order valence-corrected chi connectivity index (χ4v) is 1.61. The molecule has 2 aromatic rings. The van der Waals surface area contributed by atoms with Crippen molar-refractivity contribution >= 4 is 5.91 Å². The summed E-state index contributed by atoms with van der Waals surface area (Å²) in [5.74, 6) is -0.985. The van der Waals surface area contributed by atoms with Crippen LogP contribution in [0, 0.1) is 19.7 Å². The van der Waals surface area contributed by atoms with Gasteiger partial charge in [-0.15, -0.1) is 5.10 Å². The Bertz CT molecular complexity index is 591. The van der Waals surface area contributed by atoms with Gasteiger partial charge in [0.25, 0.3) is 5.91 Å². The van der Waals surface area contributed by atoms with Gasteiger partial charge in [0, 0.05) is 5.56 Å². The number of hydrogen-bond donors (Lipinski definition) is 1. The Balaban J connectivity index is 2.62. The van der Waals surface area contributed by atoms with E-state index in [9.17, 15) is 9.18 Å². The molecule has 1 aromatic carbocycles. The lowest BCUT2D eigenvalue weighted by Crippen LogP contribution is -2.13. The summed E-state index contributed by atoms with van der Waals surface area (Å²) in [6, 6.07) is 4.63. The summed E-state index contributed by atoms with van der Waals surface area (Å²) in [7, 11) is 0. The first-order valence-corrected chi connectivity index (χ1v) is 5.00. The van der Waals surface area contributed by atoms with Gasteiger partial charge in [-0.05, 0) is 26.0 Å². The number of carbonyl (C=O) groups excluding carboxylic acids is 1. The van der Waals surface area contributed by atoms with Crippen LogP contribution in [-0.2, 0) is 0 Å². The molecule has 17 heavy (non-hydrogen) atoms. The lowest BCUT2D eigenvalue weighted by Gasteiger charge is -2.07.